The number of fused-ring (bicyclic) bond motifs is 2. The van der Waals surface area contributed by atoms with E-state index in [4.69, 9.17) is 21.1 Å². The molecule has 0 radical (unpaired) electrons. The van der Waals surface area contributed by atoms with E-state index in [0.29, 0.717) is 10.6 Å². The molecule has 0 aromatic heterocycles. The largest absolute Gasteiger partial charge is 0.454 e. The maximum atomic E-state index is 12.4. The van der Waals surface area contributed by atoms with Crippen LogP contribution < -0.4 is 14.4 Å². The van der Waals surface area contributed by atoms with E-state index >= 15 is 0 Å². The lowest BCUT2D eigenvalue weighted by Gasteiger charge is -2.13. The second kappa shape index (κ2) is 5.51. The van der Waals surface area contributed by atoms with Crippen LogP contribution in [0.5, 0.6) is 11.5 Å². The highest BCUT2D eigenvalue weighted by Crippen LogP contribution is 2.50. The van der Waals surface area contributed by atoms with Crippen LogP contribution in [0, 0.1) is 0 Å². The van der Waals surface area contributed by atoms with Gasteiger partial charge in [-0.05, 0) is 24.3 Å². The summed E-state index contributed by atoms with van der Waals surface area (Å²) in [6.45, 7) is 0.254. The van der Waals surface area contributed by atoms with Crippen LogP contribution in [-0.2, 0) is 0 Å². The molecule has 0 N–H and O–H groups in total. The normalized spacial score (nSPS) is 16.8. The Balaban J connectivity index is 1.63. The summed E-state index contributed by atoms with van der Waals surface area (Å²) in [6.07, 6.45) is 1.64. The number of carbonyl (C=O) groups excluding carboxylic acids is 1. The molecule has 2 aliphatic rings. The van der Waals surface area contributed by atoms with Gasteiger partial charge in [0.05, 0.1) is 10.7 Å². The smallest absolute Gasteiger partial charge is 0.231 e. The molecule has 2 aromatic carbocycles. The molecule has 0 aliphatic carbocycles. The van der Waals surface area contributed by atoms with Crippen LogP contribution in [-0.4, -0.2) is 19.6 Å². The Morgan fingerprint density at radius 3 is 2.65 bits per heavy atom. The lowest BCUT2D eigenvalue weighted by atomic mass is 10.1. The molecule has 0 spiro atoms. The van der Waals surface area contributed by atoms with E-state index in [1.165, 1.54) is 0 Å². The summed E-state index contributed by atoms with van der Waals surface area (Å²) in [5.41, 5.74) is 1.62. The first-order chi connectivity index (χ1) is 11.1. The molecule has 0 saturated carbocycles. The second-order valence-electron chi connectivity index (χ2n) is 5.19. The van der Waals surface area contributed by atoms with Crippen molar-refractivity contribution in [2.24, 2.45) is 0 Å². The SMILES string of the molecule is CN1C(=CC(=O)c2ccc(Cl)cc2)Sc2cc3c(cc21)OCO3. The van der Waals surface area contributed by atoms with E-state index in [1.54, 1.807) is 42.1 Å². The summed E-state index contributed by atoms with van der Waals surface area (Å²) in [5, 5.41) is 1.48. The van der Waals surface area contributed by atoms with Gasteiger partial charge in [0, 0.05) is 40.7 Å². The minimum atomic E-state index is -0.0520. The summed E-state index contributed by atoms with van der Waals surface area (Å²) < 4.78 is 10.8. The van der Waals surface area contributed by atoms with Crippen molar-refractivity contribution < 1.29 is 14.3 Å². The van der Waals surface area contributed by atoms with Crippen molar-refractivity contribution in [3.05, 3.63) is 58.1 Å². The lowest BCUT2D eigenvalue weighted by molar-refractivity contribution is 0.104. The Hall–Kier alpha value is -2.11. The number of nitrogens with zero attached hydrogens (tertiary/aromatic N) is 1. The Bertz CT molecular complexity index is 832. The summed E-state index contributed by atoms with van der Waals surface area (Å²) in [6, 6.07) is 10.8. The van der Waals surface area contributed by atoms with Gasteiger partial charge < -0.3 is 14.4 Å². The topological polar surface area (TPSA) is 38.8 Å². The minimum absolute atomic E-state index is 0.0520. The van der Waals surface area contributed by atoms with Gasteiger partial charge >= 0.3 is 0 Å². The molecular weight excluding hydrogens is 334 g/mol. The average Bonchev–Trinajstić information content (AvgIpc) is 3.11. The number of allylic oxidation sites excluding steroid dienone is 1. The van der Waals surface area contributed by atoms with Crippen LogP contribution >= 0.6 is 23.4 Å². The quantitative estimate of drug-likeness (QED) is 0.598. The fraction of sp³-hybridized carbons (Fsp3) is 0.118. The summed E-state index contributed by atoms with van der Waals surface area (Å²) in [4.78, 5) is 15.4. The zero-order valence-corrected chi connectivity index (χ0v) is 13.8. The Morgan fingerprint density at radius 1 is 1.22 bits per heavy atom. The predicted octanol–water partition coefficient (Wildman–Crippen LogP) is 4.33. The number of ether oxygens (including phenoxy) is 2. The van der Waals surface area contributed by atoms with Crippen molar-refractivity contribution in [2.45, 2.75) is 4.90 Å². The van der Waals surface area contributed by atoms with Crippen molar-refractivity contribution in [1.29, 1.82) is 0 Å². The van der Waals surface area contributed by atoms with Crippen molar-refractivity contribution in [3.8, 4) is 11.5 Å². The predicted molar refractivity (Wildman–Crippen MR) is 90.7 cm³/mol. The number of hydrogen-bond acceptors (Lipinski definition) is 5. The maximum Gasteiger partial charge on any atom is 0.231 e. The molecule has 116 valence electrons. The molecule has 0 bridgehead atoms. The van der Waals surface area contributed by atoms with Crippen LogP contribution in [0.3, 0.4) is 0 Å². The first-order valence-corrected chi connectivity index (χ1v) is 8.18. The minimum Gasteiger partial charge on any atom is -0.454 e. The first-order valence-electron chi connectivity index (χ1n) is 6.98. The van der Waals surface area contributed by atoms with Crippen LogP contribution in [0.25, 0.3) is 0 Å². The van der Waals surface area contributed by atoms with Crippen molar-refractivity contribution >= 4 is 34.8 Å². The molecule has 0 unspecified atom stereocenters. The van der Waals surface area contributed by atoms with Gasteiger partial charge in [-0.15, -0.1) is 0 Å². The van der Waals surface area contributed by atoms with Gasteiger partial charge in [-0.2, -0.15) is 0 Å². The summed E-state index contributed by atoms with van der Waals surface area (Å²) in [5.74, 6) is 1.43. The van der Waals surface area contributed by atoms with Gasteiger partial charge in [-0.1, -0.05) is 23.4 Å². The van der Waals surface area contributed by atoms with Gasteiger partial charge in [-0.25, -0.2) is 0 Å². The third kappa shape index (κ3) is 2.56. The summed E-state index contributed by atoms with van der Waals surface area (Å²) >= 11 is 7.40. The van der Waals surface area contributed by atoms with E-state index in [1.807, 2.05) is 24.1 Å². The number of carbonyl (C=O) groups is 1. The fourth-order valence-corrected chi connectivity index (χ4v) is 3.71. The Labute approximate surface area is 142 Å². The number of halogens is 1. The molecule has 0 saturated heterocycles. The molecule has 23 heavy (non-hydrogen) atoms. The first kappa shape index (κ1) is 14.5. The van der Waals surface area contributed by atoms with Gasteiger partial charge in [0.1, 0.15) is 0 Å². The molecule has 2 aromatic rings. The van der Waals surface area contributed by atoms with Crippen molar-refractivity contribution in [1.82, 2.24) is 0 Å². The highest BCUT2D eigenvalue weighted by Gasteiger charge is 2.27. The monoisotopic (exact) mass is 345 g/mol. The molecule has 0 amide bonds. The molecular formula is C17H12ClNO3S. The van der Waals surface area contributed by atoms with Gasteiger partial charge in [0.25, 0.3) is 0 Å². The average molecular weight is 346 g/mol. The van der Waals surface area contributed by atoms with Crippen LogP contribution in [0.4, 0.5) is 5.69 Å². The van der Waals surface area contributed by atoms with Gasteiger partial charge in [0.2, 0.25) is 6.79 Å². The number of anilines is 1. The van der Waals surface area contributed by atoms with Crippen LogP contribution in [0.15, 0.2) is 52.4 Å². The zero-order valence-electron chi connectivity index (χ0n) is 12.2. The molecule has 6 heteroatoms. The third-order valence-electron chi connectivity index (χ3n) is 3.74. The van der Waals surface area contributed by atoms with E-state index in [9.17, 15) is 4.79 Å². The van der Waals surface area contributed by atoms with Gasteiger partial charge in [0.15, 0.2) is 17.3 Å². The fourth-order valence-electron chi connectivity index (χ4n) is 2.49. The molecule has 4 rings (SSSR count). The summed E-state index contributed by atoms with van der Waals surface area (Å²) in [7, 11) is 1.93. The number of thioether (sulfide) groups is 1. The maximum absolute atomic E-state index is 12.4. The number of ketones is 1. The van der Waals surface area contributed by atoms with Crippen LogP contribution in [0.2, 0.25) is 5.02 Å². The number of hydrogen-bond donors (Lipinski definition) is 0. The molecule has 2 aliphatic heterocycles. The molecule has 0 atom stereocenters. The number of rotatable bonds is 2. The standard InChI is InChI=1S/C17H12ClNO3S/c1-19-12-6-14-15(22-9-21-14)8-16(12)23-17(19)7-13(20)10-2-4-11(18)5-3-10/h2-8H,9H2,1H3. The highest BCUT2D eigenvalue weighted by atomic mass is 35.5. The zero-order chi connectivity index (χ0) is 16.0. The second-order valence-corrected chi connectivity index (χ2v) is 6.69. The Kier molecular flexibility index (Phi) is 3.47. The molecule has 2 heterocycles. The Morgan fingerprint density at radius 2 is 1.91 bits per heavy atom. The third-order valence-corrected chi connectivity index (χ3v) is 5.14. The van der Waals surface area contributed by atoms with Crippen molar-refractivity contribution in [2.75, 3.05) is 18.7 Å². The highest BCUT2D eigenvalue weighted by molar-refractivity contribution is 8.03. The van der Waals surface area contributed by atoms with E-state index in [2.05, 4.69) is 0 Å². The molecule has 0 fully saturated rings. The lowest BCUT2D eigenvalue weighted by Crippen LogP contribution is -2.11. The van der Waals surface area contributed by atoms with Crippen molar-refractivity contribution in [3.63, 3.8) is 0 Å². The van der Waals surface area contributed by atoms with E-state index in [0.717, 1.165) is 27.1 Å². The van der Waals surface area contributed by atoms with Crippen LogP contribution in [0.1, 0.15) is 10.4 Å². The van der Waals surface area contributed by atoms with E-state index in [-0.39, 0.29) is 12.6 Å². The van der Waals surface area contributed by atoms with E-state index < -0.39 is 0 Å². The van der Waals surface area contributed by atoms with Gasteiger partial charge in [-0.3, -0.25) is 4.79 Å². The molecule has 4 nitrogen and oxygen atoms in total. The number of benzene rings is 2.